The van der Waals surface area contributed by atoms with Gasteiger partial charge in [-0.05, 0) is 42.7 Å². The molecule has 0 aliphatic heterocycles. The van der Waals surface area contributed by atoms with E-state index in [9.17, 15) is 0 Å². The van der Waals surface area contributed by atoms with Gasteiger partial charge in [0.05, 0.1) is 13.7 Å². The second-order valence-electron chi connectivity index (χ2n) is 6.41. The minimum absolute atomic E-state index is 0.541. The van der Waals surface area contributed by atoms with Gasteiger partial charge in [0.15, 0.2) is 5.96 Å². The number of aliphatic imine (C=N–C) groups is 1. The van der Waals surface area contributed by atoms with Crippen LogP contribution in [0.2, 0.25) is 0 Å². The Morgan fingerprint density at radius 3 is 2.64 bits per heavy atom. The highest BCUT2D eigenvalue weighted by molar-refractivity contribution is 5.79. The summed E-state index contributed by atoms with van der Waals surface area (Å²) < 4.78 is 16.1. The van der Waals surface area contributed by atoms with Crippen LogP contribution in [0.3, 0.4) is 0 Å². The van der Waals surface area contributed by atoms with E-state index in [0.29, 0.717) is 19.8 Å². The number of methoxy groups -OCH3 is 2. The molecule has 0 saturated carbocycles. The third kappa shape index (κ3) is 7.12. The molecule has 28 heavy (non-hydrogen) atoms. The number of guanidine groups is 1. The van der Waals surface area contributed by atoms with Crippen molar-refractivity contribution >= 4 is 5.96 Å². The van der Waals surface area contributed by atoms with Gasteiger partial charge >= 0.3 is 0 Å². The highest BCUT2D eigenvalue weighted by atomic mass is 16.5. The van der Waals surface area contributed by atoms with Crippen molar-refractivity contribution in [1.82, 2.24) is 10.6 Å². The first-order valence-corrected chi connectivity index (χ1v) is 9.45. The fourth-order valence-corrected chi connectivity index (χ4v) is 2.81. The summed E-state index contributed by atoms with van der Waals surface area (Å²) in [7, 11) is 5.14. The first-order valence-electron chi connectivity index (χ1n) is 9.45. The van der Waals surface area contributed by atoms with Crippen LogP contribution >= 0.6 is 0 Å². The maximum absolute atomic E-state index is 5.66. The molecular formula is C22H31N3O3. The predicted octanol–water partition coefficient (Wildman–Crippen LogP) is 2.94. The summed E-state index contributed by atoms with van der Waals surface area (Å²) in [6.45, 7) is 4.63. The van der Waals surface area contributed by atoms with Gasteiger partial charge < -0.3 is 24.8 Å². The number of nitrogens with zero attached hydrogens (tertiary/aromatic N) is 1. The van der Waals surface area contributed by atoms with Gasteiger partial charge in [-0.2, -0.15) is 0 Å². The molecule has 0 aliphatic rings. The zero-order valence-corrected chi connectivity index (χ0v) is 17.2. The highest BCUT2D eigenvalue weighted by Crippen LogP contribution is 2.19. The van der Waals surface area contributed by atoms with Gasteiger partial charge in [0, 0.05) is 27.2 Å². The van der Waals surface area contributed by atoms with E-state index in [2.05, 4.69) is 40.7 Å². The van der Waals surface area contributed by atoms with Crippen molar-refractivity contribution in [1.29, 1.82) is 0 Å². The number of nitrogens with one attached hydrogen (secondary N) is 2. The fraction of sp³-hybridized carbons (Fsp3) is 0.409. The molecule has 0 heterocycles. The minimum Gasteiger partial charge on any atom is -0.496 e. The quantitative estimate of drug-likeness (QED) is 0.374. The molecule has 0 bridgehead atoms. The zero-order valence-electron chi connectivity index (χ0n) is 17.2. The molecule has 0 aromatic heterocycles. The smallest absolute Gasteiger partial charge is 0.191 e. The average molecular weight is 386 g/mol. The number of ether oxygens (including phenoxy) is 3. The maximum atomic E-state index is 5.66. The van der Waals surface area contributed by atoms with Gasteiger partial charge in [0.1, 0.15) is 18.1 Å². The third-order valence-corrected chi connectivity index (χ3v) is 4.26. The van der Waals surface area contributed by atoms with Crippen molar-refractivity contribution in [3.63, 3.8) is 0 Å². The first-order chi connectivity index (χ1) is 13.7. The van der Waals surface area contributed by atoms with Crippen LogP contribution in [0.4, 0.5) is 0 Å². The SMILES string of the molecule is CN=C(NCCc1cc(C)ccc1OC)NCc1cccc(OCCOC)c1. The molecule has 2 aromatic rings. The Labute approximate surface area is 167 Å². The number of rotatable bonds is 10. The molecule has 0 atom stereocenters. The lowest BCUT2D eigenvalue weighted by molar-refractivity contribution is 0.146. The largest absolute Gasteiger partial charge is 0.496 e. The van der Waals surface area contributed by atoms with Crippen LogP contribution in [0.15, 0.2) is 47.5 Å². The molecule has 152 valence electrons. The van der Waals surface area contributed by atoms with Gasteiger partial charge in [-0.25, -0.2) is 0 Å². The number of hydrogen-bond acceptors (Lipinski definition) is 4. The van der Waals surface area contributed by atoms with Gasteiger partial charge in [0.2, 0.25) is 0 Å². The minimum atomic E-state index is 0.541. The molecule has 2 rings (SSSR count). The summed E-state index contributed by atoms with van der Waals surface area (Å²) in [5.41, 5.74) is 3.54. The van der Waals surface area contributed by atoms with Crippen molar-refractivity contribution in [3.8, 4) is 11.5 Å². The molecule has 2 aromatic carbocycles. The standard InChI is InChI=1S/C22H31N3O3/c1-17-8-9-21(27-4)19(14-17)10-11-24-22(23-2)25-16-18-6-5-7-20(15-18)28-13-12-26-3/h5-9,14-15H,10-13,16H2,1-4H3,(H2,23,24,25). The molecule has 6 heteroatoms. The summed E-state index contributed by atoms with van der Waals surface area (Å²) in [5, 5.41) is 6.68. The van der Waals surface area contributed by atoms with Crippen LogP contribution in [0, 0.1) is 6.92 Å². The van der Waals surface area contributed by atoms with Crippen molar-refractivity contribution in [2.45, 2.75) is 19.9 Å². The van der Waals surface area contributed by atoms with Gasteiger partial charge in [-0.3, -0.25) is 4.99 Å². The number of benzene rings is 2. The van der Waals surface area contributed by atoms with E-state index < -0.39 is 0 Å². The molecule has 0 fully saturated rings. The lowest BCUT2D eigenvalue weighted by atomic mass is 10.1. The number of hydrogen-bond donors (Lipinski definition) is 2. The fourth-order valence-electron chi connectivity index (χ4n) is 2.81. The second kappa shape index (κ2) is 11.9. The monoisotopic (exact) mass is 385 g/mol. The van der Waals surface area contributed by atoms with Crippen LogP contribution in [-0.2, 0) is 17.7 Å². The lowest BCUT2D eigenvalue weighted by Crippen LogP contribution is -2.37. The summed E-state index contributed by atoms with van der Waals surface area (Å²) in [5.74, 6) is 2.52. The molecule has 0 aliphatic carbocycles. The first kappa shape index (κ1) is 21.6. The predicted molar refractivity (Wildman–Crippen MR) is 113 cm³/mol. The topological polar surface area (TPSA) is 64.1 Å². The Morgan fingerprint density at radius 2 is 1.89 bits per heavy atom. The molecule has 6 nitrogen and oxygen atoms in total. The van der Waals surface area contributed by atoms with E-state index in [0.717, 1.165) is 36.0 Å². The van der Waals surface area contributed by atoms with Crippen LogP contribution < -0.4 is 20.1 Å². The van der Waals surface area contributed by atoms with E-state index in [1.807, 2.05) is 24.3 Å². The highest BCUT2D eigenvalue weighted by Gasteiger charge is 2.05. The van der Waals surface area contributed by atoms with E-state index in [-0.39, 0.29) is 0 Å². The zero-order chi connectivity index (χ0) is 20.2. The summed E-state index contributed by atoms with van der Waals surface area (Å²) in [6.07, 6.45) is 0.856. The van der Waals surface area contributed by atoms with Crippen molar-refractivity contribution in [2.75, 3.05) is 41.0 Å². The summed E-state index contributed by atoms with van der Waals surface area (Å²) in [4.78, 5) is 4.29. The summed E-state index contributed by atoms with van der Waals surface area (Å²) in [6, 6.07) is 14.2. The molecule has 2 N–H and O–H groups in total. The summed E-state index contributed by atoms with van der Waals surface area (Å²) >= 11 is 0. The maximum Gasteiger partial charge on any atom is 0.191 e. The molecule has 0 radical (unpaired) electrons. The lowest BCUT2D eigenvalue weighted by Gasteiger charge is -2.14. The van der Waals surface area contributed by atoms with E-state index >= 15 is 0 Å². The van der Waals surface area contributed by atoms with Crippen LogP contribution in [0.1, 0.15) is 16.7 Å². The number of aryl methyl sites for hydroxylation is 1. The van der Waals surface area contributed by atoms with Gasteiger partial charge in [-0.1, -0.05) is 29.8 Å². The van der Waals surface area contributed by atoms with E-state index in [1.165, 1.54) is 11.1 Å². The molecule has 0 amide bonds. The van der Waals surface area contributed by atoms with Crippen molar-refractivity contribution in [3.05, 3.63) is 59.2 Å². The third-order valence-electron chi connectivity index (χ3n) is 4.26. The molecular weight excluding hydrogens is 354 g/mol. The van der Waals surface area contributed by atoms with Gasteiger partial charge in [0.25, 0.3) is 0 Å². The molecule has 0 spiro atoms. The Balaban J connectivity index is 1.82. The van der Waals surface area contributed by atoms with E-state index in [1.54, 1.807) is 21.3 Å². The molecule has 0 saturated heterocycles. The Kier molecular flexibility index (Phi) is 9.15. The second-order valence-corrected chi connectivity index (χ2v) is 6.41. The van der Waals surface area contributed by atoms with Crippen LogP contribution in [-0.4, -0.2) is 47.0 Å². The van der Waals surface area contributed by atoms with Crippen molar-refractivity contribution in [2.24, 2.45) is 4.99 Å². The average Bonchev–Trinajstić information content (AvgIpc) is 2.71. The van der Waals surface area contributed by atoms with Crippen LogP contribution in [0.25, 0.3) is 0 Å². The van der Waals surface area contributed by atoms with E-state index in [4.69, 9.17) is 14.2 Å². The van der Waals surface area contributed by atoms with Crippen molar-refractivity contribution < 1.29 is 14.2 Å². The molecule has 0 unspecified atom stereocenters. The Morgan fingerprint density at radius 1 is 1.04 bits per heavy atom. The normalized spacial score (nSPS) is 11.2. The van der Waals surface area contributed by atoms with Gasteiger partial charge in [-0.15, -0.1) is 0 Å². The van der Waals surface area contributed by atoms with Crippen LogP contribution in [0.5, 0.6) is 11.5 Å². The Bertz CT molecular complexity index is 762. The Hall–Kier alpha value is -2.73.